The van der Waals surface area contributed by atoms with Gasteiger partial charge in [-0.3, -0.25) is 0 Å². The highest BCUT2D eigenvalue weighted by atomic mass is 31.2. The zero-order valence-electron chi connectivity index (χ0n) is 13.8. The first-order chi connectivity index (χ1) is 9.44. The van der Waals surface area contributed by atoms with Crippen LogP contribution in [-0.2, 0) is 14.0 Å². The first-order valence-corrected chi connectivity index (χ1v) is 7.11. The topological polar surface area (TPSA) is 112 Å². The van der Waals surface area contributed by atoms with E-state index in [2.05, 4.69) is 10.6 Å². The molecule has 0 unspecified atom stereocenters. The van der Waals surface area contributed by atoms with Crippen molar-refractivity contribution in [3.8, 4) is 0 Å². The SMILES string of the molecule is CNC(OC)=[N+](C)C.CNC(OC)=[N+](C)C.O=P([O-])([O-])F. The van der Waals surface area contributed by atoms with Crippen LogP contribution >= 0.6 is 7.91 Å². The summed E-state index contributed by atoms with van der Waals surface area (Å²) < 4.78 is 32.1. The second kappa shape index (κ2) is 13.6. The third-order valence-electron chi connectivity index (χ3n) is 1.63. The van der Waals surface area contributed by atoms with E-state index in [1.807, 2.05) is 51.4 Å². The molecule has 21 heavy (non-hydrogen) atoms. The normalized spacial score (nSPS) is 8.90. The molecule has 11 heteroatoms. The maximum atomic E-state index is 10.1. The van der Waals surface area contributed by atoms with Crippen molar-refractivity contribution in [2.45, 2.75) is 0 Å². The number of nitrogens with zero attached hydrogens (tertiary/aromatic N) is 2. The van der Waals surface area contributed by atoms with Crippen LogP contribution in [0.2, 0.25) is 0 Å². The van der Waals surface area contributed by atoms with E-state index in [4.69, 9.17) is 23.8 Å². The van der Waals surface area contributed by atoms with Gasteiger partial charge in [-0.1, -0.05) is 0 Å². The number of ether oxygens (including phenoxy) is 2. The average Bonchev–Trinajstić information content (AvgIpc) is 2.29. The average molecular weight is 332 g/mol. The molecule has 0 aliphatic rings. The number of rotatable bonds is 0. The molecule has 0 aromatic heterocycles. The highest BCUT2D eigenvalue weighted by molar-refractivity contribution is 7.42. The smallest absolute Gasteiger partial charge is 0.443 e. The Hall–Kier alpha value is -1.38. The van der Waals surface area contributed by atoms with Crippen LogP contribution < -0.4 is 20.4 Å². The van der Waals surface area contributed by atoms with Crippen molar-refractivity contribution < 1.29 is 37.2 Å². The summed E-state index contributed by atoms with van der Waals surface area (Å²) in [5.74, 6) is 0. The Morgan fingerprint density at radius 2 is 1.14 bits per heavy atom. The lowest BCUT2D eigenvalue weighted by Crippen LogP contribution is -2.28. The molecule has 0 atom stereocenters. The summed E-state index contributed by atoms with van der Waals surface area (Å²) in [4.78, 5) is 16.9. The molecule has 0 heterocycles. The lowest BCUT2D eigenvalue weighted by atomic mass is 10.9. The second-order valence-electron chi connectivity index (χ2n) is 3.74. The lowest BCUT2D eigenvalue weighted by Gasteiger charge is -2.15. The van der Waals surface area contributed by atoms with E-state index >= 15 is 0 Å². The first kappa shape index (κ1) is 24.6. The van der Waals surface area contributed by atoms with Gasteiger partial charge in [0.15, 0.2) is 0 Å². The van der Waals surface area contributed by atoms with Gasteiger partial charge in [0, 0.05) is 0 Å². The molecule has 0 aliphatic carbocycles. The zero-order valence-corrected chi connectivity index (χ0v) is 14.7. The van der Waals surface area contributed by atoms with Crippen LogP contribution in [0.15, 0.2) is 0 Å². The van der Waals surface area contributed by atoms with Gasteiger partial charge < -0.3 is 23.8 Å². The summed E-state index contributed by atoms with van der Waals surface area (Å²) in [6, 6.07) is 1.54. The predicted molar refractivity (Wildman–Crippen MR) is 75.1 cm³/mol. The van der Waals surface area contributed by atoms with E-state index in [9.17, 15) is 4.20 Å². The lowest BCUT2D eigenvalue weighted by molar-refractivity contribution is -0.476. The summed E-state index contributed by atoms with van der Waals surface area (Å²) in [6.45, 7) is 0. The van der Waals surface area contributed by atoms with E-state index in [1.165, 1.54) is 0 Å². The molecule has 0 aromatic carbocycles. The highest BCUT2D eigenvalue weighted by Crippen LogP contribution is 2.22. The number of hydrogen-bond donors (Lipinski definition) is 2. The molecule has 0 fully saturated rings. The van der Waals surface area contributed by atoms with Crippen LogP contribution in [0.4, 0.5) is 4.20 Å². The van der Waals surface area contributed by atoms with Crippen LogP contribution in [0.5, 0.6) is 0 Å². The van der Waals surface area contributed by atoms with E-state index in [0.29, 0.717) is 0 Å². The molecular weight excluding hydrogens is 306 g/mol. The minimum atomic E-state index is -5.64. The minimum absolute atomic E-state index is 0.769. The summed E-state index contributed by atoms with van der Waals surface area (Å²) in [7, 11) is 8.91. The number of nitrogens with one attached hydrogen (secondary N) is 2. The van der Waals surface area contributed by atoms with Crippen molar-refractivity contribution in [3.05, 3.63) is 0 Å². The summed E-state index contributed by atoms with van der Waals surface area (Å²) in [5.41, 5.74) is 0. The largest absolute Gasteiger partial charge is 0.786 e. The minimum Gasteiger partial charge on any atom is -0.786 e. The Labute approximate surface area is 125 Å². The van der Waals surface area contributed by atoms with Gasteiger partial charge in [0.05, 0.1) is 56.5 Å². The van der Waals surface area contributed by atoms with Gasteiger partial charge in [-0.15, -0.1) is 0 Å². The maximum Gasteiger partial charge on any atom is 0.443 e. The monoisotopic (exact) mass is 332 g/mol. The van der Waals surface area contributed by atoms with E-state index in [1.54, 1.807) is 14.2 Å². The molecule has 2 N–H and O–H groups in total. The van der Waals surface area contributed by atoms with E-state index in [0.717, 1.165) is 12.0 Å². The molecule has 0 aromatic rings. The molecule has 0 radical (unpaired) electrons. The number of hydrogen-bond acceptors (Lipinski definition) is 5. The van der Waals surface area contributed by atoms with Crippen LogP contribution in [0.3, 0.4) is 0 Å². The van der Waals surface area contributed by atoms with Crippen LogP contribution in [0, 0.1) is 0 Å². The molecule has 0 spiro atoms. The van der Waals surface area contributed by atoms with Gasteiger partial charge in [0.1, 0.15) is 7.91 Å². The quantitative estimate of drug-likeness (QED) is 0.223. The molecule has 128 valence electrons. The molecule has 0 saturated heterocycles. The first-order valence-electron chi connectivity index (χ1n) is 5.68. The van der Waals surface area contributed by atoms with Crippen LogP contribution in [0.1, 0.15) is 0 Å². The van der Waals surface area contributed by atoms with E-state index in [-0.39, 0.29) is 0 Å². The predicted octanol–water partition coefficient (Wildman–Crippen LogP) is -2.25. The fourth-order valence-electron chi connectivity index (χ4n) is 1.02. The third kappa shape index (κ3) is 24.1. The van der Waals surface area contributed by atoms with E-state index < -0.39 is 7.91 Å². The zero-order chi connectivity index (χ0) is 17.6. The number of halogens is 1. The van der Waals surface area contributed by atoms with Gasteiger partial charge in [0.25, 0.3) is 0 Å². The standard InChI is InChI=1S/2C5H12N2O.FH2O3P/c2*1-6-5(8-4)7(2)3;1-5(2,3)4/h2*1-4H3;(H2,2,3,4). The van der Waals surface area contributed by atoms with Crippen molar-refractivity contribution in [2.75, 3.05) is 56.5 Å². The van der Waals surface area contributed by atoms with Crippen LogP contribution in [0.25, 0.3) is 0 Å². The highest BCUT2D eigenvalue weighted by Gasteiger charge is 1.99. The molecule has 0 amide bonds. The van der Waals surface area contributed by atoms with Crippen LogP contribution in [-0.4, -0.2) is 77.7 Å². The Morgan fingerprint density at radius 3 is 1.14 bits per heavy atom. The van der Waals surface area contributed by atoms with Crippen molar-refractivity contribution >= 4 is 19.9 Å². The second-order valence-corrected chi connectivity index (χ2v) is 4.60. The summed E-state index contributed by atoms with van der Waals surface area (Å²) in [6.07, 6.45) is 0. The van der Waals surface area contributed by atoms with Gasteiger partial charge in [-0.05, 0) is 0 Å². The Kier molecular flexibility index (Phi) is 15.9. The third-order valence-corrected chi connectivity index (χ3v) is 1.63. The Bertz CT molecular complexity index is 329. The van der Waals surface area contributed by atoms with Gasteiger partial charge in [-0.2, -0.15) is 0 Å². The molecular formula is C10H26FN4O5P. The van der Waals surface area contributed by atoms with Gasteiger partial charge in [0.2, 0.25) is 0 Å². The van der Waals surface area contributed by atoms with Crippen molar-refractivity contribution in [3.63, 3.8) is 0 Å². The molecule has 0 aliphatic heterocycles. The Morgan fingerprint density at radius 1 is 0.952 bits per heavy atom. The van der Waals surface area contributed by atoms with Crippen molar-refractivity contribution in [2.24, 2.45) is 0 Å². The molecule has 9 nitrogen and oxygen atoms in total. The molecule has 0 saturated carbocycles. The van der Waals surface area contributed by atoms with Gasteiger partial charge in [-0.25, -0.2) is 24.0 Å². The molecule has 0 bridgehead atoms. The fourth-order valence-corrected chi connectivity index (χ4v) is 1.02. The van der Waals surface area contributed by atoms with Crippen molar-refractivity contribution in [1.82, 2.24) is 10.6 Å². The Balaban J connectivity index is -0.000000239. The molecule has 0 rings (SSSR count). The summed E-state index contributed by atoms with van der Waals surface area (Å²) >= 11 is 0. The van der Waals surface area contributed by atoms with Gasteiger partial charge >= 0.3 is 12.0 Å². The number of amidine groups is 2. The fraction of sp³-hybridized carbons (Fsp3) is 0.800. The maximum absolute atomic E-state index is 10.1. The summed E-state index contributed by atoms with van der Waals surface area (Å²) in [5, 5.41) is 5.74. The van der Waals surface area contributed by atoms with Crippen molar-refractivity contribution in [1.29, 1.82) is 0 Å². The number of methoxy groups -OCH3 is 2.